The van der Waals surface area contributed by atoms with Crippen LogP contribution >= 0.6 is 0 Å². The van der Waals surface area contributed by atoms with Crippen LogP contribution < -0.4 is 21.1 Å². The van der Waals surface area contributed by atoms with Gasteiger partial charge in [-0.3, -0.25) is 20.3 Å². The number of carbonyl (C=O) groups is 2. The van der Waals surface area contributed by atoms with Gasteiger partial charge in [-0.25, -0.2) is 10.2 Å². The zero-order valence-electron chi connectivity index (χ0n) is 17.2. The maximum absolute atomic E-state index is 12.7. The lowest BCUT2D eigenvalue weighted by Crippen LogP contribution is -2.43. The molecule has 2 aromatic rings. The summed E-state index contributed by atoms with van der Waals surface area (Å²) in [7, 11) is 0. The highest BCUT2D eigenvalue weighted by atomic mass is 19.4. The van der Waals surface area contributed by atoms with E-state index in [1.165, 1.54) is 24.3 Å². The topological polar surface area (TPSA) is 117 Å². The number of non-ortho nitro benzene ring substituents is 1. The van der Waals surface area contributed by atoms with Gasteiger partial charge < -0.3 is 10.2 Å². The van der Waals surface area contributed by atoms with Gasteiger partial charge >= 0.3 is 12.2 Å². The van der Waals surface area contributed by atoms with Crippen LogP contribution in [0.2, 0.25) is 0 Å². The third-order valence-corrected chi connectivity index (χ3v) is 4.91. The van der Waals surface area contributed by atoms with E-state index in [1.807, 2.05) is 4.90 Å². The highest BCUT2D eigenvalue weighted by Crippen LogP contribution is 2.30. The minimum atomic E-state index is -4.54. The number of hydrogen-bond acceptors (Lipinski definition) is 5. The van der Waals surface area contributed by atoms with Crippen molar-refractivity contribution in [3.63, 3.8) is 0 Å². The number of nitro groups is 1. The van der Waals surface area contributed by atoms with Crippen LogP contribution in [0.3, 0.4) is 0 Å². The van der Waals surface area contributed by atoms with Gasteiger partial charge in [0.1, 0.15) is 0 Å². The van der Waals surface area contributed by atoms with E-state index in [1.54, 1.807) is 12.1 Å². The highest BCUT2D eigenvalue weighted by Gasteiger charge is 2.30. The molecular formula is C21H20F3N5O4. The van der Waals surface area contributed by atoms with Gasteiger partial charge in [0.05, 0.1) is 10.5 Å². The summed E-state index contributed by atoms with van der Waals surface area (Å²) < 4.78 is 38.2. The average Bonchev–Trinajstić information content (AvgIpc) is 2.78. The van der Waals surface area contributed by atoms with E-state index < -0.39 is 28.6 Å². The first-order valence-electron chi connectivity index (χ1n) is 9.85. The fourth-order valence-corrected chi connectivity index (χ4v) is 3.26. The molecule has 1 fully saturated rings. The van der Waals surface area contributed by atoms with E-state index in [2.05, 4.69) is 16.2 Å². The van der Waals surface area contributed by atoms with Crippen LogP contribution in [0, 0.1) is 10.1 Å². The number of urea groups is 1. The summed E-state index contributed by atoms with van der Waals surface area (Å²) in [6, 6.07) is 9.43. The summed E-state index contributed by atoms with van der Waals surface area (Å²) >= 11 is 0. The molecule has 1 aliphatic heterocycles. The number of hydrogen-bond donors (Lipinski definition) is 3. The van der Waals surface area contributed by atoms with Crippen molar-refractivity contribution in [3.8, 4) is 0 Å². The second-order valence-corrected chi connectivity index (χ2v) is 7.21. The summed E-state index contributed by atoms with van der Waals surface area (Å²) in [6.45, 7) is 1.22. The standard InChI is InChI=1S/C21H20F3N5O4/c22-21(23,24)15-2-1-3-16(13-15)25-20(31)27-26-19(30)12-14-8-10-28(11-9-14)17-4-6-18(7-5-17)29(32)33/h1-7,12-13H,8-11H2,(H,26,30)(H2,25,27,31). The largest absolute Gasteiger partial charge is 0.416 e. The number of halogens is 3. The zero-order chi connectivity index (χ0) is 24.0. The van der Waals surface area contributed by atoms with Crippen molar-refractivity contribution in [2.45, 2.75) is 19.0 Å². The van der Waals surface area contributed by atoms with Gasteiger partial charge in [0.25, 0.3) is 11.6 Å². The number of piperidine rings is 1. The number of hydrazine groups is 1. The molecule has 0 unspecified atom stereocenters. The van der Waals surface area contributed by atoms with Crippen LogP contribution in [0.1, 0.15) is 18.4 Å². The molecular weight excluding hydrogens is 443 g/mol. The molecule has 1 heterocycles. The van der Waals surface area contributed by atoms with Gasteiger partial charge in [-0.2, -0.15) is 13.2 Å². The van der Waals surface area contributed by atoms with Gasteiger partial charge in [0, 0.05) is 42.7 Å². The van der Waals surface area contributed by atoms with Crippen molar-refractivity contribution >= 4 is 29.0 Å². The van der Waals surface area contributed by atoms with Crippen LogP contribution in [-0.2, 0) is 11.0 Å². The van der Waals surface area contributed by atoms with Crippen LogP contribution in [0.5, 0.6) is 0 Å². The number of anilines is 2. The van der Waals surface area contributed by atoms with Gasteiger partial charge in [-0.1, -0.05) is 11.6 Å². The molecule has 33 heavy (non-hydrogen) atoms. The lowest BCUT2D eigenvalue weighted by atomic mass is 10.0. The van der Waals surface area contributed by atoms with Crippen molar-refractivity contribution in [1.29, 1.82) is 0 Å². The van der Waals surface area contributed by atoms with Crippen LogP contribution in [0.15, 0.2) is 60.2 Å². The summed E-state index contributed by atoms with van der Waals surface area (Å²) in [5.41, 5.74) is 4.99. The molecule has 0 aromatic heterocycles. The molecule has 3 amide bonds. The number of benzene rings is 2. The molecule has 0 radical (unpaired) electrons. The lowest BCUT2D eigenvalue weighted by Gasteiger charge is -2.30. The van der Waals surface area contributed by atoms with E-state index in [9.17, 15) is 32.9 Å². The Hall–Kier alpha value is -4.09. The van der Waals surface area contributed by atoms with Crippen molar-refractivity contribution in [2.75, 3.05) is 23.3 Å². The van der Waals surface area contributed by atoms with Gasteiger partial charge in [-0.05, 0) is 43.2 Å². The number of amides is 3. The van der Waals surface area contributed by atoms with E-state index in [0.29, 0.717) is 25.9 Å². The highest BCUT2D eigenvalue weighted by molar-refractivity contribution is 5.93. The summed E-state index contributed by atoms with van der Waals surface area (Å²) in [5.74, 6) is -0.576. The van der Waals surface area contributed by atoms with Crippen molar-refractivity contribution in [3.05, 3.63) is 75.9 Å². The zero-order valence-corrected chi connectivity index (χ0v) is 17.2. The van der Waals surface area contributed by atoms with Gasteiger partial charge in [-0.15, -0.1) is 0 Å². The molecule has 1 saturated heterocycles. The maximum Gasteiger partial charge on any atom is 0.416 e. The lowest BCUT2D eigenvalue weighted by molar-refractivity contribution is -0.384. The Morgan fingerprint density at radius 1 is 1.03 bits per heavy atom. The van der Waals surface area contributed by atoms with Crippen molar-refractivity contribution in [1.82, 2.24) is 10.9 Å². The van der Waals surface area contributed by atoms with Gasteiger partial charge in [0.2, 0.25) is 0 Å². The Morgan fingerprint density at radius 2 is 1.70 bits per heavy atom. The monoisotopic (exact) mass is 463 g/mol. The molecule has 0 atom stereocenters. The predicted molar refractivity (Wildman–Crippen MR) is 114 cm³/mol. The SMILES string of the molecule is O=C(C=C1CCN(c2ccc([N+](=O)[O-])cc2)CC1)NNC(=O)Nc1cccc(C(F)(F)F)c1. The second kappa shape index (κ2) is 10.0. The van der Waals surface area contributed by atoms with E-state index in [0.717, 1.165) is 29.5 Å². The number of nitrogens with zero attached hydrogens (tertiary/aromatic N) is 2. The first kappa shape index (κ1) is 23.6. The number of rotatable bonds is 4. The molecule has 0 spiro atoms. The number of nitrogens with one attached hydrogen (secondary N) is 3. The van der Waals surface area contributed by atoms with E-state index in [-0.39, 0.29) is 11.4 Å². The number of alkyl halides is 3. The minimum Gasteiger partial charge on any atom is -0.371 e. The van der Waals surface area contributed by atoms with E-state index in [4.69, 9.17) is 0 Å². The molecule has 2 aromatic carbocycles. The fraction of sp³-hybridized carbons (Fsp3) is 0.238. The Balaban J connectivity index is 1.45. The number of carbonyl (C=O) groups excluding carboxylic acids is 2. The van der Waals surface area contributed by atoms with Crippen LogP contribution in [0.4, 0.5) is 35.0 Å². The molecule has 0 aliphatic carbocycles. The van der Waals surface area contributed by atoms with Gasteiger partial charge in [0.15, 0.2) is 0 Å². The fourth-order valence-electron chi connectivity index (χ4n) is 3.26. The smallest absolute Gasteiger partial charge is 0.371 e. The predicted octanol–water partition coefficient (Wildman–Crippen LogP) is 3.99. The quantitative estimate of drug-likeness (QED) is 0.360. The normalized spacial score (nSPS) is 13.8. The molecule has 174 valence electrons. The summed E-state index contributed by atoms with van der Waals surface area (Å²) in [5, 5.41) is 13.0. The van der Waals surface area contributed by atoms with Crippen molar-refractivity contribution < 1.29 is 27.7 Å². The molecule has 0 bridgehead atoms. The Morgan fingerprint density at radius 3 is 2.30 bits per heavy atom. The third-order valence-electron chi connectivity index (χ3n) is 4.91. The molecule has 0 saturated carbocycles. The molecule has 1 aliphatic rings. The number of nitro benzene ring substituents is 1. The molecule has 3 N–H and O–H groups in total. The average molecular weight is 463 g/mol. The third kappa shape index (κ3) is 6.69. The molecule has 9 nitrogen and oxygen atoms in total. The van der Waals surface area contributed by atoms with E-state index >= 15 is 0 Å². The molecule has 3 rings (SSSR count). The summed E-state index contributed by atoms with van der Waals surface area (Å²) in [6.07, 6.45) is -2.01. The maximum atomic E-state index is 12.7. The second-order valence-electron chi connectivity index (χ2n) is 7.21. The minimum absolute atomic E-state index is 0.0117. The first-order valence-corrected chi connectivity index (χ1v) is 9.85. The van der Waals surface area contributed by atoms with Crippen LogP contribution in [-0.4, -0.2) is 30.0 Å². The summed E-state index contributed by atoms with van der Waals surface area (Å²) in [4.78, 5) is 36.2. The Bertz CT molecular complexity index is 1060. The van der Waals surface area contributed by atoms with Crippen molar-refractivity contribution in [2.24, 2.45) is 0 Å². The van der Waals surface area contributed by atoms with Crippen LogP contribution in [0.25, 0.3) is 0 Å². The first-order chi connectivity index (χ1) is 15.6. The molecule has 12 heteroatoms. The Labute approximate surface area is 186 Å². The Kier molecular flexibility index (Phi) is 7.16.